The van der Waals surface area contributed by atoms with Crippen LogP contribution in [-0.4, -0.2) is 20.2 Å². The first kappa shape index (κ1) is 9.19. The Bertz CT molecular complexity index is 295. The molecule has 0 aliphatic carbocycles. The summed E-state index contributed by atoms with van der Waals surface area (Å²) in [6.07, 6.45) is 1.37. The van der Waals surface area contributed by atoms with Gasteiger partial charge in [0.2, 0.25) is 0 Å². The summed E-state index contributed by atoms with van der Waals surface area (Å²) in [5, 5.41) is 5.41. The first-order valence-electron chi connectivity index (χ1n) is 4.66. The lowest BCUT2D eigenvalue weighted by Gasteiger charge is -2.24. The Balaban J connectivity index is 2.29. The second kappa shape index (κ2) is 3.78. The molecule has 2 rings (SSSR count). The third-order valence-corrected chi connectivity index (χ3v) is 3.64. The largest absolute Gasteiger partial charge is 0.372 e. The third-order valence-electron chi connectivity index (χ3n) is 2.46. The van der Waals surface area contributed by atoms with Gasteiger partial charge in [-0.1, -0.05) is 0 Å². The summed E-state index contributed by atoms with van der Waals surface area (Å²) >= 11 is 1.87. The molecule has 1 aliphatic rings. The van der Waals surface area contributed by atoms with Gasteiger partial charge in [0, 0.05) is 17.8 Å². The number of hydrogen-bond donors (Lipinski definition) is 1. The molecule has 2 heterocycles. The van der Waals surface area contributed by atoms with E-state index in [9.17, 15) is 0 Å². The van der Waals surface area contributed by atoms with Gasteiger partial charge in [0.1, 0.15) is 0 Å². The van der Waals surface area contributed by atoms with Crippen LogP contribution in [0.15, 0.2) is 5.38 Å². The molecular weight excluding hydrogens is 182 g/mol. The number of thiophene rings is 1. The maximum atomic E-state index is 5.73. The van der Waals surface area contributed by atoms with Crippen molar-refractivity contribution in [1.82, 2.24) is 5.32 Å². The van der Waals surface area contributed by atoms with Crippen LogP contribution in [0.5, 0.6) is 0 Å². The fourth-order valence-electron chi connectivity index (χ4n) is 1.86. The molecule has 1 aliphatic heterocycles. The van der Waals surface area contributed by atoms with E-state index in [1.165, 1.54) is 16.0 Å². The first-order chi connectivity index (χ1) is 6.33. The lowest BCUT2D eigenvalue weighted by atomic mass is 10.0. The number of rotatable bonds is 2. The Morgan fingerprint density at radius 1 is 1.69 bits per heavy atom. The predicted octanol–water partition coefficient (Wildman–Crippen LogP) is 1.89. The minimum Gasteiger partial charge on any atom is -0.372 e. The van der Waals surface area contributed by atoms with E-state index in [1.807, 2.05) is 18.4 Å². The van der Waals surface area contributed by atoms with Crippen LogP contribution in [0.1, 0.15) is 22.1 Å². The molecule has 3 heteroatoms. The van der Waals surface area contributed by atoms with Gasteiger partial charge in [-0.05, 0) is 30.5 Å². The molecule has 1 N–H and O–H groups in total. The molecule has 0 unspecified atom stereocenters. The average molecular weight is 197 g/mol. The third kappa shape index (κ3) is 1.64. The number of likely N-dealkylation sites (N-methyl/N-ethyl adjacent to an activating group) is 1. The molecule has 13 heavy (non-hydrogen) atoms. The van der Waals surface area contributed by atoms with Crippen LogP contribution in [0, 0.1) is 6.92 Å². The van der Waals surface area contributed by atoms with Crippen molar-refractivity contribution in [2.45, 2.75) is 19.4 Å². The smallest absolute Gasteiger partial charge is 0.0962 e. The molecule has 1 aromatic heterocycles. The van der Waals surface area contributed by atoms with Crippen LogP contribution in [0.4, 0.5) is 0 Å². The SMILES string of the molecule is CNC[C@@H]1OCCc2scc(C)c21. The highest BCUT2D eigenvalue weighted by Crippen LogP contribution is 2.33. The zero-order valence-electron chi connectivity index (χ0n) is 8.09. The Morgan fingerprint density at radius 3 is 3.31 bits per heavy atom. The second-order valence-corrected chi connectivity index (χ2v) is 4.39. The molecule has 0 spiro atoms. The van der Waals surface area contributed by atoms with E-state index in [0.717, 1.165) is 19.6 Å². The van der Waals surface area contributed by atoms with Crippen LogP contribution in [0.3, 0.4) is 0 Å². The summed E-state index contributed by atoms with van der Waals surface area (Å²) in [6, 6.07) is 0. The molecule has 2 nitrogen and oxygen atoms in total. The highest BCUT2D eigenvalue weighted by molar-refractivity contribution is 7.10. The number of ether oxygens (including phenoxy) is 1. The van der Waals surface area contributed by atoms with Crippen molar-refractivity contribution in [3.8, 4) is 0 Å². The molecule has 0 aromatic carbocycles. The zero-order valence-corrected chi connectivity index (χ0v) is 8.91. The number of aryl methyl sites for hydroxylation is 1. The molecule has 1 aromatic rings. The summed E-state index contributed by atoms with van der Waals surface area (Å²) in [5.74, 6) is 0. The highest BCUT2D eigenvalue weighted by atomic mass is 32.1. The summed E-state index contributed by atoms with van der Waals surface area (Å²) in [6.45, 7) is 3.97. The number of nitrogens with one attached hydrogen (secondary N) is 1. The number of hydrogen-bond acceptors (Lipinski definition) is 3. The average Bonchev–Trinajstić information content (AvgIpc) is 2.50. The van der Waals surface area contributed by atoms with Gasteiger partial charge < -0.3 is 10.1 Å². The van der Waals surface area contributed by atoms with Crippen molar-refractivity contribution >= 4 is 11.3 Å². The molecule has 1 atom stereocenters. The van der Waals surface area contributed by atoms with Crippen LogP contribution in [-0.2, 0) is 11.2 Å². The summed E-state index contributed by atoms with van der Waals surface area (Å²) in [4.78, 5) is 1.52. The zero-order chi connectivity index (χ0) is 9.26. The van der Waals surface area contributed by atoms with E-state index in [0.29, 0.717) is 0 Å². The van der Waals surface area contributed by atoms with Crippen molar-refractivity contribution in [2.75, 3.05) is 20.2 Å². The van der Waals surface area contributed by atoms with Crippen molar-refractivity contribution in [1.29, 1.82) is 0 Å². The first-order valence-corrected chi connectivity index (χ1v) is 5.54. The minimum absolute atomic E-state index is 0.278. The van der Waals surface area contributed by atoms with Gasteiger partial charge in [0.15, 0.2) is 0 Å². The van der Waals surface area contributed by atoms with Crippen LogP contribution in [0.2, 0.25) is 0 Å². The number of fused-ring (bicyclic) bond motifs is 1. The Labute approximate surface area is 82.9 Å². The van der Waals surface area contributed by atoms with Gasteiger partial charge >= 0.3 is 0 Å². The lowest BCUT2D eigenvalue weighted by molar-refractivity contribution is 0.0447. The van der Waals surface area contributed by atoms with Gasteiger partial charge in [0.05, 0.1) is 12.7 Å². The van der Waals surface area contributed by atoms with Crippen LogP contribution < -0.4 is 5.32 Å². The van der Waals surface area contributed by atoms with E-state index >= 15 is 0 Å². The Kier molecular flexibility index (Phi) is 2.67. The van der Waals surface area contributed by atoms with Gasteiger partial charge in [-0.2, -0.15) is 0 Å². The standard InChI is InChI=1S/C10H15NOS/c1-7-6-13-9-3-4-12-8(5-11-2)10(7)9/h6,8,11H,3-5H2,1-2H3/t8-/m0/s1. The second-order valence-electron chi connectivity index (χ2n) is 3.42. The van der Waals surface area contributed by atoms with E-state index in [1.54, 1.807) is 0 Å². The topological polar surface area (TPSA) is 21.3 Å². The molecule has 0 radical (unpaired) electrons. The predicted molar refractivity (Wildman–Crippen MR) is 55.4 cm³/mol. The molecule has 0 saturated carbocycles. The maximum Gasteiger partial charge on any atom is 0.0962 e. The molecule has 0 fully saturated rings. The lowest BCUT2D eigenvalue weighted by Crippen LogP contribution is -2.24. The van der Waals surface area contributed by atoms with Crippen molar-refractivity contribution < 1.29 is 4.74 Å². The normalized spacial score (nSPS) is 21.5. The van der Waals surface area contributed by atoms with Gasteiger partial charge in [0.25, 0.3) is 0 Å². The molecule has 0 amide bonds. The molecule has 0 saturated heterocycles. The van der Waals surface area contributed by atoms with Gasteiger partial charge in [-0.3, -0.25) is 0 Å². The van der Waals surface area contributed by atoms with Crippen molar-refractivity contribution in [3.05, 3.63) is 21.4 Å². The van der Waals surface area contributed by atoms with E-state index in [2.05, 4.69) is 17.6 Å². The molecule has 0 bridgehead atoms. The van der Waals surface area contributed by atoms with Crippen molar-refractivity contribution in [2.24, 2.45) is 0 Å². The minimum atomic E-state index is 0.278. The quantitative estimate of drug-likeness (QED) is 0.781. The van der Waals surface area contributed by atoms with Crippen LogP contribution in [0.25, 0.3) is 0 Å². The summed E-state index contributed by atoms with van der Waals surface area (Å²) in [7, 11) is 1.97. The van der Waals surface area contributed by atoms with E-state index in [-0.39, 0.29) is 6.10 Å². The van der Waals surface area contributed by atoms with E-state index in [4.69, 9.17) is 4.74 Å². The van der Waals surface area contributed by atoms with E-state index < -0.39 is 0 Å². The Morgan fingerprint density at radius 2 is 2.54 bits per heavy atom. The van der Waals surface area contributed by atoms with Crippen molar-refractivity contribution in [3.63, 3.8) is 0 Å². The van der Waals surface area contributed by atoms with Gasteiger partial charge in [-0.15, -0.1) is 11.3 Å². The fourth-order valence-corrected chi connectivity index (χ4v) is 2.92. The Hall–Kier alpha value is -0.380. The monoisotopic (exact) mass is 197 g/mol. The van der Waals surface area contributed by atoms with Gasteiger partial charge in [-0.25, -0.2) is 0 Å². The fraction of sp³-hybridized carbons (Fsp3) is 0.600. The molecule has 72 valence electrons. The highest BCUT2D eigenvalue weighted by Gasteiger charge is 2.23. The summed E-state index contributed by atoms with van der Waals surface area (Å²) < 4.78 is 5.73. The van der Waals surface area contributed by atoms with Crippen LogP contribution >= 0.6 is 11.3 Å². The maximum absolute atomic E-state index is 5.73. The molecular formula is C10H15NOS. The summed E-state index contributed by atoms with van der Waals surface area (Å²) in [5.41, 5.74) is 2.82.